The summed E-state index contributed by atoms with van der Waals surface area (Å²) in [6.07, 6.45) is 0.686. The van der Waals surface area contributed by atoms with Gasteiger partial charge in [0.25, 0.3) is 0 Å². The van der Waals surface area contributed by atoms with Crippen molar-refractivity contribution in [2.24, 2.45) is 5.41 Å². The van der Waals surface area contributed by atoms with Crippen molar-refractivity contribution in [3.05, 3.63) is 0 Å². The zero-order chi connectivity index (χ0) is 9.57. The third-order valence-corrected chi connectivity index (χ3v) is 3.28. The summed E-state index contributed by atoms with van der Waals surface area (Å²) in [5.74, 6) is -0.225. The maximum atomic E-state index is 10.1. The molecule has 0 heterocycles. The average molecular weight is 312 g/mol. The van der Waals surface area contributed by atoms with Gasteiger partial charge in [-0.15, -0.1) is 0 Å². The first kappa shape index (κ1) is 14.6. The van der Waals surface area contributed by atoms with Crippen LogP contribution in [-0.2, 0) is 2.98 Å². The molecule has 1 N–H and O–H groups in total. The van der Waals surface area contributed by atoms with Crippen LogP contribution in [0, 0.1) is 5.41 Å². The van der Waals surface area contributed by atoms with Crippen molar-refractivity contribution in [2.75, 3.05) is 0 Å². The zero-order valence-electron chi connectivity index (χ0n) is 6.82. The van der Waals surface area contributed by atoms with Gasteiger partial charge in [0, 0.05) is 5.82 Å². The Hall–Kier alpha value is 1.59. The van der Waals surface area contributed by atoms with Crippen molar-refractivity contribution in [1.29, 1.82) is 0 Å². The summed E-state index contributed by atoms with van der Waals surface area (Å²) in [4.78, 5) is 0. The minimum absolute atomic E-state index is 0. The molecule has 0 bridgehead atoms. The van der Waals surface area contributed by atoms with E-state index in [1.54, 1.807) is 0 Å². The zero-order valence-corrected chi connectivity index (χ0v) is 8.98. The van der Waals surface area contributed by atoms with Crippen molar-refractivity contribution in [2.45, 2.75) is 26.1 Å². The Labute approximate surface area is 106 Å². The van der Waals surface area contributed by atoms with Crippen LogP contribution in [0.15, 0.2) is 0 Å². The second-order valence-corrected chi connectivity index (χ2v) is 6.32. The van der Waals surface area contributed by atoms with E-state index >= 15 is 0 Å². The fraction of sp³-hybridized carbons (Fsp3) is 1.00. The summed E-state index contributed by atoms with van der Waals surface area (Å²) in [6, 6.07) is 0. The van der Waals surface area contributed by atoms with Crippen LogP contribution >= 0.6 is 0 Å². The molecule has 1 unspecified atom stereocenters. The van der Waals surface area contributed by atoms with E-state index < -0.39 is 27.2 Å². The minimum atomic E-state index is -5.70. The molecule has 0 saturated heterocycles. The number of halogens is 1. The predicted molar refractivity (Wildman–Crippen MR) is 38.4 cm³/mol. The molecule has 1 fully saturated rings. The molecule has 1 aliphatic carbocycles. The van der Waals surface area contributed by atoms with Crippen LogP contribution in [0.2, 0.25) is 5.82 Å². The molecule has 0 aromatic heterocycles. The van der Waals surface area contributed by atoms with E-state index in [2.05, 4.69) is 2.98 Å². The molecule has 0 spiro atoms. The van der Waals surface area contributed by atoms with Gasteiger partial charge in [0.15, 0.2) is 0 Å². The Kier molecular flexibility index (Phi) is 5.19. The summed E-state index contributed by atoms with van der Waals surface area (Å²) < 4.78 is 34.4. The molecule has 0 aromatic rings. The van der Waals surface area contributed by atoms with Crippen LogP contribution in [0.25, 0.3) is 0 Å². The van der Waals surface area contributed by atoms with Gasteiger partial charge in [0.05, 0.1) is 0 Å². The predicted octanol–water partition coefficient (Wildman–Crippen LogP) is -6.46. The Balaban J connectivity index is 0.00000144. The van der Waals surface area contributed by atoms with Crippen LogP contribution < -0.4 is 30.4 Å². The van der Waals surface area contributed by atoms with Crippen LogP contribution in [0.5, 0.6) is 0 Å². The molecular weight excluding hydrogens is 301 g/mol. The molecule has 1 saturated carbocycles. The van der Waals surface area contributed by atoms with Crippen molar-refractivity contribution in [1.82, 2.24) is 0 Å². The molecule has 0 aromatic carbocycles. The summed E-state index contributed by atoms with van der Waals surface area (Å²) in [7, 11) is -1.44. The van der Waals surface area contributed by atoms with Gasteiger partial charge in [-0.05, 0) is 14.8 Å². The third kappa shape index (κ3) is 4.76. The number of hydrogen-bond donors (Lipinski definition) is 1. The fourth-order valence-electron chi connectivity index (χ4n) is 1.17. The molecule has 1 aliphatic rings. The van der Waals surface area contributed by atoms with Crippen LogP contribution in [0.3, 0.4) is 0 Å². The third-order valence-electron chi connectivity index (χ3n) is 2.13. The molecule has 0 amide bonds. The topological polar surface area (TPSA) is 98.6 Å². The second kappa shape index (κ2) is 4.62. The quantitative estimate of drug-likeness (QED) is 0.413. The van der Waals surface area contributed by atoms with E-state index in [4.69, 9.17) is 5.02 Å². The van der Waals surface area contributed by atoms with Gasteiger partial charge in [0.2, 0.25) is 0 Å². The van der Waals surface area contributed by atoms with Crippen molar-refractivity contribution < 1.29 is 38.4 Å². The molecule has 0 radical (unpaired) electrons. The average Bonchev–Trinajstić information content (AvgIpc) is 2.35. The summed E-state index contributed by atoms with van der Waals surface area (Å²) in [5.41, 5.74) is -0.105. The van der Waals surface area contributed by atoms with Gasteiger partial charge < -0.3 is 5.02 Å². The van der Waals surface area contributed by atoms with Gasteiger partial charge >= 0.3 is 56.8 Å². The van der Waals surface area contributed by atoms with E-state index in [1.807, 2.05) is 13.8 Å². The SMILES string of the molecule is CC1(C)CC1B(O)O[I+3]([O-])([O-])[O-].[NaH]. The Morgan fingerprint density at radius 3 is 2.08 bits per heavy atom. The van der Waals surface area contributed by atoms with Crippen molar-refractivity contribution in [3.63, 3.8) is 0 Å². The van der Waals surface area contributed by atoms with E-state index in [-0.39, 0.29) is 40.8 Å². The van der Waals surface area contributed by atoms with Gasteiger partial charge in [-0.25, -0.2) is 0 Å². The first-order valence-electron chi connectivity index (χ1n) is 3.49. The summed E-state index contributed by atoms with van der Waals surface area (Å²) in [6.45, 7) is 3.75. The fourth-order valence-corrected chi connectivity index (χ4v) is 2.16. The van der Waals surface area contributed by atoms with E-state index in [0.717, 1.165) is 0 Å². The summed E-state index contributed by atoms with van der Waals surface area (Å²) in [5, 5.41) is 9.08. The van der Waals surface area contributed by atoms with Crippen LogP contribution in [-0.4, -0.2) is 41.7 Å². The first-order chi connectivity index (χ1) is 5.22. The molecule has 5 nitrogen and oxygen atoms in total. The Morgan fingerprint density at radius 2 is 1.85 bits per heavy atom. The molecular formula is C5H11BINaO5. The van der Waals surface area contributed by atoms with Gasteiger partial charge in [-0.3, -0.25) is 10.3 Å². The Bertz CT molecular complexity index is 184. The second-order valence-electron chi connectivity index (χ2n) is 3.66. The molecule has 1 rings (SSSR count). The van der Waals surface area contributed by atoms with Gasteiger partial charge in [0.1, 0.15) is 0 Å². The number of hydrogen-bond acceptors (Lipinski definition) is 5. The molecule has 8 heteroatoms. The normalized spacial score (nSPS) is 24.9. The van der Waals surface area contributed by atoms with Gasteiger partial charge in [-0.2, -0.15) is 0 Å². The molecule has 1 atom stereocenters. The molecule has 13 heavy (non-hydrogen) atoms. The van der Waals surface area contributed by atoms with Crippen LogP contribution in [0.1, 0.15) is 20.3 Å². The Morgan fingerprint density at radius 1 is 1.46 bits per heavy atom. The van der Waals surface area contributed by atoms with Crippen molar-refractivity contribution in [3.8, 4) is 0 Å². The van der Waals surface area contributed by atoms with Crippen LogP contribution in [0.4, 0.5) is 0 Å². The standard InChI is InChI=1S/C5H10BIO5.Na.H/c1-5(2)3-4(5)6(8)12-7(9,10)11;;/h4,8H,3H2,1-2H3;;. The number of rotatable bonds is 3. The van der Waals surface area contributed by atoms with Gasteiger partial charge in [-0.1, -0.05) is 13.8 Å². The van der Waals surface area contributed by atoms with Crippen molar-refractivity contribution >= 4 is 36.7 Å². The molecule has 0 aliphatic heterocycles. The van der Waals surface area contributed by atoms with E-state index in [1.165, 1.54) is 0 Å². The molecule has 72 valence electrons. The monoisotopic (exact) mass is 312 g/mol. The van der Waals surface area contributed by atoms with E-state index in [9.17, 15) is 10.3 Å². The summed E-state index contributed by atoms with van der Waals surface area (Å²) >= 11 is -5.70. The first-order valence-corrected chi connectivity index (χ1v) is 7.02. The van der Waals surface area contributed by atoms with E-state index in [0.29, 0.717) is 6.42 Å². The maximum absolute atomic E-state index is 10.1.